The zero-order chi connectivity index (χ0) is 23.4. The molecule has 1 heterocycles. The Kier molecular flexibility index (Phi) is 6.27. The van der Waals surface area contributed by atoms with Crippen molar-refractivity contribution in [3.63, 3.8) is 0 Å². The largest absolute Gasteiger partial charge is 0.382 e. The van der Waals surface area contributed by atoms with E-state index >= 15 is 0 Å². The highest BCUT2D eigenvalue weighted by Crippen LogP contribution is 2.39. The van der Waals surface area contributed by atoms with Crippen molar-refractivity contribution < 1.29 is 13.6 Å². The molecule has 0 radical (unpaired) electrons. The molecule has 3 aromatic rings. The van der Waals surface area contributed by atoms with Crippen LogP contribution in [0.4, 0.5) is 26.0 Å². The van der Waals surface area contributed by atoms with Crippen molar-refractivity contribution in [2.75, 3.05) is 10.6 Å². The van der Waals surface area contributed by atoms with E-state index in [0.717, 1.165) is 12.8 Å². The minimum absolute atomic E-state index is 0.126. The van der Waals surface area contributed by atoms with Crippen LogP contribution < -0.4 is 16.4 Å². The van der Waals surface area contributed by atoms with E-state index in [-0.39, 0.29) is 35.5 Å². The Hall–Kier alpha value is -3.93. The van der Waals surface area contributed by atoms with Crippen molar-refractivity contribution in [1.82, 2.24) is 9.78 Å². The zero-order valence-corrected chi connectivity index (χ0v) is 17.9. The summed E-state index contributed by atoms with van der Waals surface area (Å²) in [6.07, 6.45) is 4.56. The molecule has 9 heteroatoms. The molecular formula is C24H24F2N6O. The predicted molar refractivity (Wildman–Crippen MR) is 121 cm³/mol. The Morgan fingerprint density at radius 2 is 1.88 bits per heavy atom. The normalized spacial score (nSPS) is 20.1. The Balaban J connectivity index is 1.55. The van der Waals surface area contributed by atoms with Gasteiger partial charge in [-0.05, 0) is 68.1 Å². The minimum atomic E-state index is -0.653. The minimum Gasteiger partial charge on any atom is -0.382 e. The molecule has 0 saturated heterocycles. The molecule has 33 heavy (non-hydrogen) atoms. The van der Waals surface area contributed by atoms with Gasteiger partial charge in [0.1, 0.15) is 17.2 Å². The van der Waals surface area contributed by atoms with Crippen LogP contribution in [0, 0.1) is 23.0 Å². The molecule has 170 valence electrons. The maximum atomic E-state index is 13.5. The Morgan fingerprint density at radius 1 is 1.15 bits per heavy atom. The number of amides is 1. The van der Waals surface area contributed by atoms with Crippen molar-refractivity contribution in [1.29, 1.82) is 5.26 Å². The van der Waals surface area contributed by atoms with Gasteiger partial charge in [0.25, 0.3) is 5.91 Å². The topological polar surface area (TPSA) is 109 Å². The molecular weight excluding hydrogens is 426 g/mol. The predicted octanol–water partition coefficient (Wildman–Crippen LogP) is 4.67. The summed E-state index contributed by atoms with van der Waals surface area (Å²) < 4.78 is 28.4. The number of nitrogens with zero attached hydrogens (tertiary/aromatic N) is 3. The van der Waals surface area contributed by atoms with Crippen LogP contribution >= 0.6 is 0 Å². The van der Waals surface area contributed by atoms with Crippen molar-refractivity contribution in [2.24, 2.45) is 5.73 Å². The van der Waals surface area contributed by atoms with E-state index in [2.05, 4.69) is 21.8 Å². The van der Waals surface area contributed by atoms with Crippen molar-refractivity contribution in [2.45, 2.75) is 43.7 Å². The fourth-order valence-corrected chi connectivity index (χ4v) is 4.31. The molecule has 1 fully saturated rings. The lowest BCUT2D eigenvalue weighted by Crippen LogP contribution is -2.41. The van der Waals surface area contributed by atoms with E-state index in [1.54, 1.807) is 16.9 Å². The Morgan fingerprint density at radius 3 is 2.52 bits per heavy atom. The van der Waals surface area contributed by atoms with Crippen LogP contribution in [0.5, 0.6) is 0 Å². The van der Waals surface area contributed by atoms with E-state index < -0.39 is 11.4 Å². The standard InChI is InChI=1S/C24H24F2N6O/c25-16-4-6-18(7-5-16)30-23-21(22(28)33)15-32(31-23)24(12-13-27)10-8-19(9-11-24)29-20-3-1-2-17(26)14-20/h1-7,14-15,19,29H,8-12H2,(H2,28,33)(H,30,31). The van der Waals surface area contributed by atoms with Gasteiger partial charge in [-0.25, -0.2) is 8.78 Å². The molecule has 1 aliphatic carbocycles. The zero-order valence-electron chi connectivity index (χ0n) is 17.9. The summed E-state index contributed by atoms with van der Waals surface area (Å²) in [6.45, 7) is 0. The lowest BCUT2D eigenvalue weighted by Gasteiger charge is -2.39. The maximum Gasteiger partial charge on any atom is 0.254 e. The smallest absolute Gasteiger partial charge is 0.254 e. The number of carbonyl (C=O) groups excluding carboxylic acids is 1. The van der Waals surface area contributed by atoms with E-state index in [4.69, 9.17) is 5.73 Å². The summed E-state index contributed by atoms with van der Waals surface area (Å²) in [5.41, 5.74) is 6.44. The summed E-state index contributed by atoms with van der Waals surface area (Å²) in [6, 6.07) is 14.4. The number of nitrogens with one attached hydrogen (secondary N) is 2. The monoisotopic (exact) mass is 450 g/mol. The highest BCUT2D eigenvalue weighted by atomic mass is 19.1. The summed E-state index contributed by atoms with van der Waals surface area (Å²) >= 11 is 0. The Bertz CT molecular complexity index is 1180. The second-order valence-corrected chi connectivity index (χ2v) is 8.32. The van der Waals surface area contributed by atoms with E-state index in [9.17, 15) is 18.8 Å². The van der Waals surface area contributed by atoms with Crippen LogP contribution in [-0.4, -0.2) is 21.7 Å². The number of rotatable bonds is 7. The van der Waals surface area contributed by atoms with Gasteiger partial charge in [0.2, 0.25) is 0 Å². The third-order valence-corrected chi connectivity index (χ3v) is 6.09. The second-order valence-electron chi connectivity index (χ2n) is 8.32. The summed E-state index contributed by atoms with van der Waals surface area (Å²) in [5, 5.41) is 20.5. The first-order chi connectivity index (χ1) is 15.9. The number of aromatic nitrogens is 2. The van der Waals surface area contributed by atoms with Crippen LogP contribution in [0.3, 0.4) is 0 Å². The molecule has 1 aromatic heterocycles. The highest BCUT2D eigenvalue weighted by molar-refractivity contribution is 5.98. The SMILES string of the molecule is N#CCC1(n2cc(C(N)=O)c(Nc3ccc(F)cc3)n2)CCC(Nc2cccc(F)c2)CC1. The first-order valence-electron chi connectivity index (χ1n) is 10.7. The van der Waals surface area contributed by atoms with Crippen LogP contribution in [0.2, 0.25) is 0 Å². The number of halogens is 2. The molecule has 1 amide bonds. The molecule has 1 aliphatic rings. The van der Waals surface area contributed by atoms with Gasteiger partial charge in [-0.1, -0.05) is 6.07 Å². The number of nitrogens with two attached hydrogens (primary N) is 1. The highest BCUT2D eigenvalue weighted by Gasteiger charge is 2.38. The first kappa shape index (κ1) is 22.3. The Labute approximate surface area is 190 Å². The third kappa shape index (κ3) is 4.95. The maximum absolute atomic E-state index is 13.5. The van der Waals surface area contributed by atoms with Gasteiger partial charge >= 0.3 is 0 Å². The average Bonchev–Trinajstić information content (AvgIpc) is 3.22. The van der Waals surface area contributed by atoms with Crippen LogP contribution in [0.25, 0.3) is 0 Å². The summed E-state index contributed by atoms with van der Waals surface area (Å²) in [5.74, 6) is -1.07. The lowest BCUT2D eigenvalue weighted by atomic mass is 9.77. The average molecular weight is 450 g/mol. The van der Waals surface area contributed by atoms with Gasteiger partial charge in [0.15, 0.2) is 5.82 Å². The number of hydrogen-bond acceptors (Lipinski definition) is 5. The molecule has 0 bridgehead atoms. The van der Waals surface area contributed by atoms with Crippen molar-refractivity contribution in [3.8, 4) is 6.07 Å². The molecule has 2 aromatic carbocycles. The van der Waals surface area contributed by atoms with Crippen molar-refractivity contribution in [3.05, 3.63) is 71.9 Å². The molecule has 0 spiro atoms. The number of benzene rings is 2. The molecule has 7 nitrogen and oxygen atoms in total. The summed E-state index contributed by atoms with van der Waals surface area (Å²) in [4.78, 5) is 12.1. The number of primary amides is 1. The first-order valence-corrected chi connectivity index (χ1v) is 10.7. The van der Waals surface area contributed by atoms with Gasteiger partial charge in [-0.15, -0.1) is 0 Å². The van der Waals surface area contributed by atoms with Gasteiger partial charge in [0, 0.05) is 23.6 Å². The van der Waals surface area contributed by atoms with Gasteiger partial charge in [0.05, 0.1) is 18.0 Å². The van der Waals surface area contributed by atoms with Crippen LogP contribution in [0.15, 0.2) is 54.7 Å². The van der Waals surface area contributed by atoms with Gasteiger partial charge < -0.3 is 16.4 Å². The van der Waals surface area contributed by atoms with E-state index in [1.807, 2.05) is 6.07 Å². The second kappa shape index (κ2) is 9.28. The fraction of sp³-hybridized carbons (Fsp3) is 0.292. The summed E-state index contributed by atoms with van der Waals surface area (Å²) in [7, 11) is 0. The molecule has 4 rings (SSSR count). The van der Waals surface area contributed by atoms with Crippen LogP contribution in [-0.2, 0) is 5.54 Å². The number of carbonyl (C=O) groups is 1. The number of nitriles is 1. The van der Waals surface area contributed by atoms with Crippen molar-refractivity contribution >= 4 is 23.1 Å². The number of anilines is 3. The quantitative estimate of drug-likeness (QED) is 0.485. The molecule has 4 N–H and O–H groups in total. The molecule has 0 unspecified atom stereocenters. The lowest BCUT2D eigenvalue weighted by molar-refractivity contribution is 0.100. The fourth-order valence-electron chi connectivity index (χ4n) is 4.31. The van der Waals surface area contributed by atoms with Gasteiger partial charge in [-0.2, -0.15) is 10.4 Å². The van der Waals surface area contributed by atoms with E-state index in [0.29, 0.717) is 24.2 Å². The van der Waals surface area contributed by atoms with Gasteiger partial charge in [-0.3, -0.25) is 9.48 Å². The molecule has 0 atom stereocenters. The van der Waals surface area contributed by atoms with Crippen LogP contribution in [0.1, 0.15) is 42.5 Å². The third-order valence-electron chi connectivity index (χ3n) is 6.09. The molecule has 1 saturated carbocycles. The molecule has 0 aliphatic heterocycles. The number of hydrogen-bond donors (Lipinski definition) is 3. The van der Waals surface area contributed by atoms with E-state index in [1.165, 1.54) is 36.4 Å².